The number of hydrogen-bond acceptors (Lipinski definition) is 8. The number of aromatic hydroxyl groups is 1. The molecule has 0 saturated carbocycles. The van der Waals surface area contributed by atoms with Gasteiger partial charge in [-0.25, -0.2) is 4.79 Å². The number of esters is 1. The van der Waals surface area contributed by atoms with Crippen molar-refractivity contribution in [2.24, 2.45) is 0 Å². The van der Waals surface area contributed by atoms with E-state index in [1.54, 1.807) is 6.07 Å². The number of nitrogens with zero attached hydrogens (tertiary/aromatic N) is 4. The number of carbonyl (C=O) groups is 3. The molecule has 0 spiro atoms. The van der Waals surface area contributed by atoms with Gasteiger partial charge in [-0.3, -0.25) is 14.5 Å². The molecule has 0 saturated heterocycles. The minimum Gasteiger partial charge on any atom is -0.503 e. The van der Waals surface area contributed by atoms with Crippen LogP contribution in [0.4, 0.5) is 0 Å². The van der Waals surface area contributed by atoms with Crippen LogP contribution in [0.25, 0.3) is 16.7 Å². The first-order valence-electron chi connectivity index (χ1n) is 9.17. The molecule has 1 aromatic heterocycles. The third-order valence-corrected chi connectivity index (χ3v) is 4.86. The number of phenolic OH excluding ortho intramolecular Hbond substituents is 1. The summed E-state index contributed by atoms with van der Waals surface area (Å²) in [5.41, 5.74) is 2.18. The number of ether oxygens (including phenoxy) is 2. The van der Waals surface area contributed by atoms with Crippen molar-refractivity contribution in [3.05, 3.63) is 53.1 Å². The highest BCUT2D eigenvalue weighted by atomic mass is 16.5. The predicted octanol–water partition coefficient (Wildman–Crippen LogP) is 1.98. The van der Waals surface area contributed by atoms with E-state index in [0.29, 0.717) is 16.6 Å². The minimum atomic E-state index is -0.551. The van der Waals surface area contributed by atoms with Gasteiger partial charge in [0.2, 0.25) is 0 Å². The standard InChI is InChI=1S/C21H18N4O6/c1-10(2)21(29)31-9-11-5-16(18(26)17(6-11)30-4)25-22-14-7-12-13(8-15(14)23-25)20(28)24(3)19(12)27/h5-8,26H,1,9H2,2-4H3. The van der Waals surface area contributed by atoms with Gasteiger partial charge >= 0.3 is 5.97 Å². The largest absolute Gasteiger partial charge is 0.503 e. The number of fused-ring (bicyclic) bond motifs is 2. The maximum Gasteiger partial charge on any atom is 0.333 e. The summed E-state index contributed by atoms with van der Waals surface area (Å²) in [5, 5.41) is 19.2. The summed E-state index contributed by atoms with van der Waals surface area (Å²) in [6.07, 6.45) is 0. The smallest absolute Gasteiger partial charge is 0.333 e. The fourth-order valence-corrected chi connectivity index (χ4v) is 3.19. The Kier molecular flexibility index (Phi) is 4.69. The van der Waals surface area contributed by atoms with Gasteiger partial charge in [-0.15, -0.1) is 15.0 Å². The monoisotopic (exact) mass is 422 g/mol. The molecule has 4 rings (SSSR count). The van der Waals surface area contributed by atoms with E-state index in [-0.39, 0.29) is 40.5 Å². The Bertz CT molecular complexity index is 1240. The van der Waals surface area contributed by atoms with Crippen LogP contribution < -0.4 is 4.74 Å². The van der Waals surface area contributed by atoms with E-state index in [1.807, 2.05) is 0 Å². The number of benzene rings is 2. The van der Waals surface area contributed by atoms with Gasteiger partial charge in [0.15, 0.2) is 11.5 Å². The summed E-state index contributed by atoms with van der Waals surface area (Å²) in [6, 6.07) is 6.05. The van der Waals surface area contributed by atoms with Gasteiger partial charge in [-0.1, -0.05) is 6.58 Å². The van der Waals surface area contributed by atoms with Gasteiger partial charge in [0, 0.05) is 12.6 Å². The molecule has 1 aliphatic rings. The number of methoxy groups -OCH3 is 1. The second-order valence-electron chi connectivity index (χ2n) is 7.07. The van der Waals surface area contributed by atoms with Crippen LogP contribution in [-0.2, 0) is 16.1 Å². The van der Waals surface area contributed by atoms with Crippen molar-refractivity contribution in [3.8, 4) is 17.2 Å². The molecule has 0 bridgehead atoms. The Morgan fingerprint density at radius 3 is 2.19 bits per heavy atom. The molecule has 0 radical (unpaired) electrons. The van der Waals surface area contributed by atoms with Crippen LogP contribution in [0.15, 0.2) is 36.4 Å². The molecule has 31 heavy (non-hydrogen) atoms. The number of hydrogen-bond donors (Lipinski definition) is 1. The molecule has 2 amide bonds. The normalized spacial score (nSPS) is 12.9. The molecule has 10 nitrogen and oxygen atoms in total. The summed E-state index contributed by atoms with van der Waals surface area (Å²) < 4.78 is 10.4. The molecule has 2 aromatic carbocycles. The highest BCUT2D eigenvalue weighted by Crippen LogP contribution is 2.35. The van der Waals surface area contributed by atoms with E-state index >= 15 is 0 Å². The Hall–Kier alpha value is -4.21. The van der Waals surface area contributed by atoms with E-state index in [0.717, 1.165) is 4.90 Å². The Morgan fingerprint density at radius 1 is 1.10 bits per heavy atom. The van der Waals surface area contributed by atoms with Crippen LogP contribution >= 0.6 is 0 Å². The van der Waals surface area contributed by atoms with Crippen molar-refractivity contribution in [2.75, 3.05) is 14.2 Å². The average molecular weight is 422 g/mol. The van der Waals surface area contributed by atoms with Crippen molar-refractivity contribution >= 4 is 28.8 Å². The molecular formula is C21H18N4O6. The van der Waals surface area contributed by atoms with Gasteiger partial charge < -0.3 is 14.6 Å². The third-order valence-electron chi connectivity index (χ3n) is 4.86. The molecular weight excluding hydrogens is 404 g/mol. The quantitative estimate of drug-likeness (QED) is 0.376. The summed E-state index contributed by atoms with van der Waals surface area (Å²) in [6.45, 7) is 4.98. The Labute approximate surface area is 176 Å². The van der Waals surface area contributed by atoms with Crippen molar-refractivity contribution in [2.45, 2.75) is 13.5 Å². The second kappa shape index (κ2) is 7.24. The molecule has 1 aliphatic heterocycles. The molecule has 0 atom stereocenters. The van der Waals surface area contributed by atoms with Gasteiger partial charge in [0.1, 0.15) is 23.3 Å². The molecule has 0 fully saturated rings. The molecule has 158 valence electrons. The number of aromatic nitrogens is 3. The number of imide groups is 1. The molecule has 3 aromatic rings. The van der Waals surface area contributed by atoms with Crippen LogP contribution in [-0.4, -0.2) is 56.9 Å². The van der Waals surface area contributed by atoms with E-state index < -0.39 is 17.8 Å². The lowest BCUT2D eigenvalue weighted by molar-refractivity contribution is -0.140. The zero-order valence-corrected chi connectivity index (χ0v) is 17.0. The number of rotatable bonds is 5. The van der Waals surface area contributed by atoms with Crippen LogP contribution in [0.1, 0.15) is 33.2 Å². The molecule has 1 N–H and O–H groups in total. The van der Waals surface area contributed by atoms with Crippen molar-refractivity contribution in [3.63, 3.8) is 0 Å². The van der Waals surface area contributed by atoms with Crippen LogP contribution in [0.3, 0.4) is 0 Å². The lowest BCUT2D eigenvalue weighted by Gasteiger charge is -2.12. The van der Waals surface area contributed by atoms with Gasteiger partial charge in [-0.05, 0) is 36.8 Å². The maximum atomic E-state index is 12.2. The fraction of sp³-hybridized carbons (Fsp3) is 0.190. The zero-order chi connectivity index (χ0) is 22.4. The highest BCUT2D eigenvalue weighted by molar-refractivity contribution is 6.22. The lowest BCUT2D eigenvalue weighted by atomic mass is 10.1. The summed E-state index contributed by atoms with van der Waals surface area (Å²) in [5.74, 6) is -1.47. The van der Waals surface area contributed by atoms with Gasteiger partial charge in [-0.2, -0.15) is 0 Å². The van der Waals surface area contributed by atoms with Crippen molar-refractivity contribution in [1.29, 1.82) is 0 Å². The summed E-state index contributed by atoms with van der Waals surface area (Å²) >= 11 is 0. The average Bonchev–Trinajstić information content (AvgIpc) is 3.25. The topological polar surface area (TPSA) is 124 Å². The molecule has 10 heteroatoms. The van der Waals surface area contributed by atoms with Crippen molar-refractivity contribution in [1.82, 2.24) is 19.9 Å². The first-order chi connectivity index (χ1) is 14.7. The second-order valence-corrected chi connectivity index (χ2v) is 7.07. The molecule has 0 aliphatic carbocycles. The van der Waals surface area contributed by atoms with Gasteiger partial charge in [0.25, 0.3) is 11.8 Å². The number of phenols is 1. The minimum absolute atomic E-state index is 0.0836. The Morgan fingerprint density at radius 2 is 1.68 bits per heavy atom. The first kappa shape index (κ1) is 20.1. The number of amides is 2. The third kappa shape index (κ3) is 3.27. The molecule has 0 unspecified atom stereocenters. The van der Waals surface area contributed by atoms with Crippen LogP contribution in [0.5, 0.6) is 11.5 Å². The first-order valence-corrected chi connectivity index (χ1v) is 9.17. The lowest BCUT2D eigenvalue weighted by Crippen LogP contribution is -2.24. The molecule has 2 heterocycles. The van der Waals surface area contributed by atoms with Crippen molar-refractivity contribution < 1.29 is 29.0 Å². The zero-order valence-electron chi connectivity index (χ0n) is 17.0. The highest BCUT2D eigenvalue weighted by Gasteiger charge is 2.33. The SMILES string of the molecule is C=C(C)C(=O)OCc1cc(OC)c(O)c(-n2nc3cc4c(cc3n2)C(=O)N(C)C4=O)c1. The summed E-state index contributed by atoms with van der Waals surface area (Å²) in [4.78, 5) is 38.4. The van der Waals surface area contributed by atoms with E-state index in [9.17, 15) is 19.5 Å². The Balaban J connectivity index is 1.77. The van der Waals surface area contributed by atoms with E-state index in [4.69, 9.17) is 9.47 Å². The fourth-order valence-electron chi connectivity index (χ4n) is 3.19. The predicted molar refractivity (Wildman–Crippen MR) is 108 cm³/mol. The number of carbonyl (C=O) groups excluding carboxylic acids is 3. The van der Waals surface area contributed by atoms with Crippen LogP contribution in [0, 0.1) is 0 Å². The van der Waals surface area contributed by atoms with Crippen LogP contribution in [0.2, 0.25) is 0 Å². The van der Waals surface area contributed by atoms with E-state index in [1.165, 1.54) is 44.1 Å². The van der Waals surface area contributed by atoms with Gasteiger partial charge in [0.05, 0.1) is 18.2 Å². The van der Waals surface area contributed by atoms with E-state index in [2.05, 4.69) is 16.8 Å². The maximum absolute atomic E-state index is 12.2. The summed E-state index contributed by atoms with van der Waals surface area (Å²) in [7, 11) is 2.79.